The van der Waals surface area contributed by atoms with Crippen LogP contribution in [0, 0.1) is 5.92 Å². The van der Waals surface area contributed by atoms with Gasteiger partial charge in [0.15, 0.2) is 0 Å². The summed E-state index contributed by atoms with van der Waals surface area (Å²) in [5.74, 6) is -0.456. The molecule has 0 spiro atoms. The van der Waals surface area contributed by atoms with Gasteiger partial charge in [0.2, 0.25) is 0 Å². The molecule has 0 saturated heterocycles. The maximum Gasteiger partial charge on any atom is 0.303 e. The molecule has 0 heterocycles. The number of benzene rings is 1. The quantitative estimate of drug-likeness (QED) is 0.853. The lowest BCUT2D eigenvalue weighted by atomic mass is 9.90. The fraction of sp³-hybridized carbons (Fsp3) is 0.462. The topological polar surface area (TPSA) is 37.3 Å². The van der Waals surface area contributed by atoms with Crippen molar-refractivity contribution in [1.29, 1.82) is 0 Å². The van der Waals surface area contributed by atoms with Gasteiger partial charge in [0, 0.05) is 5.56 Å². The second-order valence-corrected chi connectivity index (χ2v) is 4.51. The number of aliphatic carboxylic acids is 1. The van der Waals surface area contributed by atoms with Gasteiger partial charge in [0.25, 0.3) is 6.43 Å². The van der Waals surface area contributed by atoms with E-state index in [4.69, 9.17) is 5.11 Å². The van der Waals surface area contributed by atoms with E-state index in [-0.39, 0.29) is 17.9 Å². The fourth-order valence-corrected chi connectivity index (χ4v) is 2.13. The summed E-state index contributed by atoms with van der Waals surface area (Å²) < 4.78 is 24.8. The Labute approximate surface area is 98.3 Å². The van der Waals surface area contributed by atoms with E-state index in [1.165, 1.54) is 12.1 Å². The molecule has 0 bridgehead atoms. The summed E-state index contributed by atoms with van der Waals surface area (Å²) in [4.78, 5) is 10.8. The van der Waals surface area contributed by atoms with Crippen molar-refractivity contribution in [2.24, 2.45) is 5.92 Å². The third-order valence-corrected chi connectivity index (χ3v) is 3.20. The Kier molecular flexibility index (Phi) is 3.41. The summed E-state index contributed by atoms with van der Waals surface area (Å²) in [5, 5.41) is 8.84. The highest BCUT2D eigenvalue weighted by Gasteiger charge is 2.33. The van der Waals surface area contributed by atoms with Crippen molar-refractivity contribution in [1.82, 2.24) is 0 Å². The van der Waals surface area contributed by atoms with Gasteiger partial charge in [-0.3, -0.25) is 4.79 Å². The molecule has 1 unspecified atom stereocenters. The predicted octanol–water partition coefficient (Wildman–Crippen LogP) is 3.59. The molecule has 1 aromatic rings. The molecule has 92 valence electrons. The second kappa shape index (κ2) is 4.82. The molecule has 0 aliphatic heterocycles. The molecule has 4 heteroatoms. The Bertz CT molecular complexity index is 396. The van der Waals surface area contributed by atoms with Crippen LogP contribution in [0.15, 0.2) is 24.3 Å². The summed E-state index contributed by atoms with van der Waals surface area (Å²) in [7, 11) is 0. The van der Waals surface area contributed by atoms with Crippen molar-refractivity contribution >= 4 is 5.97 Å². The first-order chi connectivity index (χ1) is 8.08. The Morgan fingerprint density at radius 3 is 2.18 bits per heavy atom. The predicted molar refractivity (Wildman–Crippen MR) is 59.1 cm³/mol. The van der Waals surface area contributed by atoms with E-state index in [9.17, 15) is 13.6 Å². The Hall–Kier alpha value is -1.45. The largest absolute Gasteiger partial charge is 0.481 e. The van der Waals surface area contributed by atoms with Crippen LogP contribution in [0.4, 0.5) is 8.78 Å². The number of hydrogen-bond acceptors (Lipinski definition) is 1. The summed E-state index contributed by atoms with van der Waals surface area (Å²) in [5.41, 5.74) is 0.845. The summed E-state index contributed by atoms with van der Waals surface area (Å²) in [6.45, 7) is 0. The van der Waals surface area contributed by atoms with Gasteiger partial charge in [0.05, 0.1) is 6.42 Å². The van der Waals surface area contributed by atoms with E-state index in [1.54, 1.807) is 12.1 Å². The van der Waals surface area contributed by atoms with E-state index in [0.717, 1.165) is 18.4 Å². The molecule has 0 amide bonds. The van der Waals surface area contributed by atoms with Gasteiger partial charge in [0.1, 0.15) is 0 Å². The molecule has 0 aromatic heterocycles. The molecule has 1 aliphatic carbocycles. The maximum absolute atomic E-state index is 12.4. The minimum absolute atomic E-state index is 0.0152. The fourth-order valence-electron chi connectivity index (χ4n) is 2.13. The maximum atomic E-state index is 12.4. The molecular weight excluding hydrogens is 226 g/mol. The minimum atomic E-state index is -2.47. The smallest absolute Gasteiger partial charge is 0.303 e. The highest BCUT2D eigenvalue weighted by Crippen LogP contribution is 2.44. The number of hydrogen-bond donors (Lipinski definition) is 1. The van der Waals surface area contributed by atoms with Gasteiger partial charge in [-0.05, 0) is 30.2 Å². The number of alkyl halides is 2. The lowest BCUT2D eigenvalue weighted by Crippen LogP contribution is -2.08. The SMILES string of the molecule is O=C(O)CC(c1ccc(C(F)F)cc1)C1CC1. The molecular formula is C13H14F2O2. The van der Waals surface area contributed by atoms with Gasteiger partial charge in [-0.25, -0.2) is 8.78 Å². The Morgan fingerprint density at radius 2 is 1.76 bits per heavy atom. The summed E-state index contributed by atoms with van der Waals surface area (Å²) in [6.07, 6.45) is -0.315. The number of halogens is 2. The van der Waals surface area contributed by atoms with E-state index >= 15 is 0 Å². The van der Waals surface area contributed by atoms with Crippen LogP contribution in [-0.4, -0.2) is 11.1 Å². The van der Waals surface area contributed by atoms with Crippen molar-refractivity contribution in [2.75, 3.05) is 0 Å². The molecule has 1 fully saturated rings. The van der Waals surface area contributed by atoms with Crippen molar-refractivity contribution < 1.29 is 18.7 Å². The molecule has 1 aliphatic rings. The summed E-state index contributed by atoms with van der Waals surface area (Å²) in [6, 6.07) is 6.04. The van der Waals surface area contributed by atoms with Crippen LogP contribution in [0.5, 0.6) is 0 Å². The molecule has 2 rings (SSSR count). The van der Waals surface area contributed by atoms with Gasteiger partial charge in [-0.2, -0.15) is 0 Å². The lowest BCUT2D eigenvalue weighted by molar-refractivity contribution is -0.137. The molecule has 1 aromatic carbocycles. The molecule has 0 radical (unpaired) electrons. The molecule has 1 saturated carbocycles. The third-order valence-electron chi connectivity index (χ3n) is 3.20. The average molecular weight is 240 g/mol. The van der Waals surface area contributed by atoms with Crippen LogP contribution in [0.3, 0.4) is 0 Å². The van der Waals surface area contributed by atoms with Gasteiger partial charge in [-0.15, -0.1) is 0 Å². The first-order valence-electron chi connectivity index (χ1n) is 5.67. The second-order valence-electron chi connectivity index (χ2n) is 4.51. The third kappa shape index (κ3) is 3.02. The first kappa shape index (κ1) is 12.0. The Morgan fingerprint density at radius 1 is 1.24 bits per heavy atom. The van der Waals surface area contributed by atoms with Gasteiger partial charge < -0.3 is 5.11 Å². The highest BCUT2D eigenvalue weighted by molar-refractivity contribution is 5.68. The van der Waals surface area contributed by atoms with Crippen LogP contribution in [0.2, 0.25) is 0 Å². The summed E-state index contributed by atoms with van der Waals surface area (Å²) >= 11 is 0. The number of carbonyl (C=O) groups is 1. The first-order valence-corrected chi connectivity index (χ1v) is 5.67. The van der Waals surface area contributed by atoms with Crippen molar-refractivity contribution in [2.45, 2.75) is 31.6 Å². The normalized spacial score (nSPS) is 17.1. The van der Waals surface area contributed by atoms with Gasteiger partial charge in [-0.1, -0.05) is 24.3 Å². The van der Waals surface area contributed by atoms with E-state index < -0.39 is 12.4 Å². The Balaban J connectivity index is 2.15. The van der Waals surface area contributed by atoms with Crippen LogP contribution in [0.1, 0.15) is 42.7 Å². The molecule has 17 heavy (non-hydrogen) atoms. The number of carboxylic acids is 1. The number of rotatable bonds is 5. The van der Waals surface area contributed by atoms with E-state index in [0.29, 0.717) is 5.92 Å². The van der Waals surface area contributed by atoms with Crippen LogP contribution >= 0.6 is 0 Å². The zero-order valence-electron chi connectivity index (χ0n) is 9.27. The van der Waals surface area contributed by atoms with Crippen molar-refractivity contribution in [3.05, 3.63) is 35.4 Å². The standard InChI is InChI=1S/C13H14F2O2/c14-13(15)10-5-3-9(4-6-10)11(7-12(16)17)8-1-2-8/h3-6,8,11,13H,1-2,7H2,(H,16,17). The monoisotopic (exact) mass is 240 g/mol. The zero-order chi connectivity index (χ0) is 12.4. The molecule has 2 nitrogen and oxygen atoms in total. The lowest BCUT2D eigenvalue weighted by Gasteiger charge is -2.14. The number of carboxylic acid groups (broad SMARTS) is 1. The average Bonchev–Trinajstić information content (AvgIpc) is 3.09. The highest BCUT2D eigenvalue weighted by atomic mass is 19.3. The molecule has 1 N–H and O–H groups in total. The van der Waals surface area contributed by atoms with E-state index in [1.807, 2.05) is 0 Å². The van der Waals surface area contributed by atoms with Gasteiger partial charge >= 0.3 is 5.97 Å². The molecule has 1 atom stereocenters. The minimum Gasteiger partial charge on any atom is -0.481 e. The van der Waals surface area contributed by atoms with Crippen LogP contribution in [-0.2, 0) is 4.79 Å². The van der Waals surface area contributed by atoms with Crippen molar-refractivity contribution in [3.63, 3.8) is 0 Å². The van der Waals surface area contributed by atoms with E-state index in [2.05, 4.69) is 0 Å². The zero-order valence-corrected chi connectivity index (χ0v) is 9.27. The van der Waals surface area contributed by atoms with Crippen molar-refractivity contribution in [3.8, 4) is 0 Å². The van der Waals surface area contributed by atoms with Crippen LogP contribution in [0.25, 0.3) is 0 Å². The van der Waals surface area contributed by atoms with Crippen LogP contribution < -0.4 is 0 Å².